The van der Waals surface area contributed by atoms with Gasteiger partial charge in [0, 0.05) is 18.3 Å². The lowest BCUT2D eigenvalue weighted by atomic mass is 10.2. The van der Waals surface area contributed by atoms with E-state index in [2.05, 4.69) is 28.2 Å². The molecule has 0 rings (SSSR count). The molecule has 0 unspecified atom stereocenters. The fourth-order valence-corrected chi connectivity index (χ4v) is 1.00. The number of halogens is 1. The molecule has 0 aromatic heterocycles. The molecule has 2 nitrogen and oxygen atoms in total. The van der Waals surface area contributed by atoms with Crippen LogP contribution in [-0.2, 0) is 4.79 Å². The highest BCUT2D eigenvalue weighted by Gasteiger charge is 1.97. The molecule has 0 atom stereocenters. The van der Waals surface area contributed by atoms with Crippen LogP contribution >= 0.6 is 15.9 Å². The molecule has 0 heterocycles. The van der Waals surface area contributed by atoms with Gasteiger partial charge in [0.1, 0.15) is 0 Å². The number of nitrogens with one attached hydrogen (secondary N) is 1. The smallest absolute Gasteiger partial charge is 0.219 e. The van der Waals surface area contributed by atoms with Crippen LogP contribution < -0.4 is 5.32 Å². The number of hydrogen-bond acceptors (Lipinski definition) is 1. The number of carbonyl (C=O) groups excluding carboxylic acids is 1. The summed E-state index contributed by atoms with van der Waals surface area (Å²) in [5, 5.41) is 3.81. The van der Waals surface area contributed by atoms with Crippen molar-refractivity contribution >= 4 is 21.8 Å². The van der Waals surface area contributed by atoms with Gasteiger partial charge in [0.2, 0.25) is 5.91 Å². The fourth-order valence-electron chi connectivity index (χ4n) is 0.720. The van der Waals surface area contributed by atoms with Crippen molar-refractivity contribution in [1.82, 2.24) is 5.32 Å². The Morgan fingerprint density at radius 1 is 1.45 bits per heavy atom. The van der Waals surface area contributed by atoms with Gasteiger partial charge in [-0.05, 0) is 12.8 Å². The fraction of sp³-hybridized carbons (Fsp3) is 0.875. The molecule has 0 fully saturated rings. The maximum atomic E-state index is 11.0. The first-order valence-electron chi connectivity index (χ1n) is 4.14. The molecule has 0 aromatic rings. The molecule has 11 heavy (non-hydrogen) atoms. The summed E-state index contributed by atoms with van der Waals surface area (Å²) in [6.07, 6.45) is 3.78. The summed E-state index contributed by atoms with van der Waals surface area (Å²) in [6, 6.07) is 0. The van der Waals surface area contributed by atoms with E-state index in [1.807, 2.05) is 0 Å². The van der Waals surface area contributed by atoms with Crippen molar-refractivity contribution in [3.63, 3.8) is 0 Å². The number of rotatable bonds is 6. The van der Waals surface area contributed by atoms with E-state index >= 15 is 0 Å². The van der Waals surface area contributed by atoms with Crippen molar-refractivity contribution in [2.75, 3.05) is 11.9 Å². The van der Waals surface area contributed by atoms with Crippen molar-refractivity contribution in [3.8, 4) is 0 Å². The number of carbonyl (C=O) groups is 1. The van der Waals surface area contributed by atoms with E-state index in [1.165, 1.54) is 0 Å². The Morgan fingerprint density at radius 2 is 2.18 bits per heavy atom. The quantitative estimate of drug-likeness (QED) is 0.541. The second-order valence-corrected chi connectivity index (χ2v) is 3.29. The van der Waals surface area contributed by atoms with Gasteiger partial charge >= 0.3 is 0 Å². The first kappa shape index (κ1) is 11.0. The van der Waals surface area contributed by atoms with Crippen LogP contribution in [0.2, 0.25) is 0 Å². The van der Waals surface area contributed by atoms with Crippen LogP contribution in [0.4, 0.5) is 0 Å². The van der Waals surface area contributed by atoms with E-state index in [4.69, 9.17) is 0 Å². The number of unbranched alkanes of at least 4 members (excludes halogenated alkanes) is 1. The lowest BCUT2D eigenvalue weighted by Crippen LogP contribution is -2.24. The van der Waals surface area contributed by atoms with Gasteiger partial charge in [0.05, 0.1) is 0 Å². The molecule has 0 saturated carbocycles. The molecular formula is C8H16BrNO. The van der Waals surface area contributed by atoms with E-state index < -0.39 is 0 Å². The van der Waals surface area contributed by atoms with Crippen molar-refractivity contribution in [2.24, 2.45) is 0 Å². The van der Waals surface area contributed by atoms with Gasteiger partial charge in [-0.2, -0.15) is 0 Å². The largest absolute Gasteiger partial charge is 0.356 e. The Balaban J connectivity index is 3.09. The number of hydrogen-bond donors (Lipinski definition) is 1. The maximum absolute atomic E-state index is 11.0. The highest BCUT2D eigenvalue weighted by atomic mass is 79.9. The predicted molar refractivity (Wildman–Crippen MR) is 50.9 cm³/mol. The Bertz CT molecular complexity index is 106. The summed E-state index contributed by atoms with van der Waals surface area (Å²) in [5.74, 6) is 0.188. The van der Waals surface area contributed by atoms with E-state index in [9.17, 15) is 4.79 Å². The van der Waals surface area contributed by atoms with Crippen LogP contribution in [0.15, 0.2) is 0 Å². The van der Waals surface area contributed by atoms with Gasteiger partial charge in [0.25, 0.3) is 0 Å². The molecule has 0 bridgehead atoms. The maximum Gasteiger partial charge on any atom is 0.219 e. The van der Waals surface area contributed by atoms with Crippen LogP contribution in [0.1, 0.15) is 32.6 Å². The van der Waals surface area contributed by atoms with Crippen LogP contribution in [0.3, 0.4) is 0 Å². The Hall–Kier alpha value is -0.0500. The lowest BCUT2D eigenvalue weighted by Gasteiger charge is -2.01. The molecule has 1 amide bonds. The SMILES string of the molecule is CCCCC(=O)NCCCBr. The molecule has 0 saturated heterocycles. The molecule has 0 aliphatic heterocycles. The van der Waals surface area contributed by atoms with Crippen molar-refractivity contribution in [2.45, 2.75) is 32.6 Å². The second-order valence-electron chi connectivity index (χ2n) is 2.50. The van der Waals surface area contributed by atoms with Gasteiger partial charge in [-0.1, -0.05) is 29.3 Å². The van der Waals surface area contributed by atoms with Gasteiger partial charge in [-0.25, -0.2) is 0 Å². The van der Waals surface area contributed by atoms with Gasteiger partial charge in [-0.3, -0.25) is 4.79 Å². The molecule has 0 radical (unpaired) electrons. The van der Waals surface area contributed by atoms with Gasteiger partial charge < -0.3 is 5.32 Å². The predicted octanol–water partition coefficient (Wildman–Crippen LogP) is 2.08. The molecule has 0 spiro atoms. The van der Waals surface area contributed by atoms with Crippen molar-refractivity contribution in [1.29, 1.82) is 0 Å². The normalized spacial score (nSPS) is 9.64. The standard InChI is InChI=1S/C8H16BrNO/c1-2-3-5-8(11)10-7-4-6-9/h2-7H2,1H3,(H,10,11). The van der Waals surface area contributed by atoms with Crippen molar-refractivity contribution < 1.29 is 4.79 Å². The van der Waals surface area contributed by atoms with Crippen LogP contribution in [-0.4, -0.2) is 17.8 Å². The van der Waals surface area contributed by atoms with E-state index in [0.29, 0.717) is 6.42 Å². The summed E-state index contributed by atoms with van der Waals surface area (Å²) in [7, 11) is 0. The van der Waals surface area contributed by atoms with E-state index in [0.717, 1.165) is 31.1 Å². The van der Waals surface area contributed by atoms with E-state index in [-0.39, 0.29) is 5.91 Å². The highest BCUT2D eigenvalue weighted by molar-refractivity contribution is 9.09. The molecule has 66 valence electrons. The molecule has 3 heteroatoms. The minimum absolute atomic E-state index is 0.188. The first-order valence-corrected chi connectivity index (χ1v) is 5.26. The van der Waals surface area contributed by atoms with Crippen LogP contribution in [0.5, 0.6) is 0 Å². The van der Waals surface area contributed by atoms with E-state index in [1.54, 1.807) is 0 Å². The lowest BCUT2D eigenvalue weighted by molar-refractivity contribution is -0.121. The Kier molecular flexibility index (Phi) is 8.01. The van der Waals surface area contributed by atoms with Crippen molar-refractivity contribution in [3.05, 3.63) is 0 Å². The van der Waals surface area contributed by atoms with Gasteiger partial charge in [0.15, 0.2) is 0 Å². The molecule has 1 N–H and O–H groups in total. The summed E-state index contributed by atoms with van der Waals surface area (Å²) in [6.45, 7) is 2.89. The number of alkyl halides is 1. The average molecular weight is 222 g/mol. The van der Waals surface area contributed by atoms with Gasteiger partial charge in [-0.15, -0.1) is 0 Å². The zero-order valence-electron chi connectivity index (χ0n) is 7.03. The summed E-state index contributed by atoms with van der Waals surface area (Å²) < 4.78 is 0. The minimum atomic E-state index is 0.188. The second kappa shape index (κ2) is 8.05. The highest BCUT2D eigenvalue weighted by Crippen LogP contribution is 1.93. The van der Waals surface area contributed by atoms with Crippen LogP contribution in [0.25, 0.3) is 0 Å². The zero-order chi connectivity index (χ0) is 8.53. The summed E-state index contributed by atoms with van der Waals surface area (Å²) in [4.78, 5) is 11.0. The van der Waals surface area contributed by atoms with Crippen LogP contribution in [0, 0.1) is 0 Å². The topological polar surface area (TPSA) is 29.1 Å². The number of amides is 1. The Morgan fingerprint density at radius 3 is 2.73 bits per heavy atom. The summed E-state index contributed by atoms with van der Waals surface area (Å²) in [5.41, 5.74) is 0. The Labute approximate surface area is 76.9 Å². The molecule has 0 aliphatic carbocycles. The third-order valence-corrected chi connectivity index (χ3v) is 1.95. The minimum Gasteiger partial charge on any atom is -0.356 e. The monoisotopic (exact) mass is 221 g/mol. The summed E-state index contributed by atoms with van der Waals surface area (Å²) >= 11 is 3.30. The zero-order valence-corrected chi connectivity index (χ0v) is 8.61. The molecule has 0 aromatic carbocycles. The average Bonchev–Trinajstić information content (AvgIpc) is 2.01. The molecule has 0 aliphatic rings. The molecular weight excluding hydrogens is 206 g/mol. The third kappa shape index (κ3) is 7.85. The third-order valence-electron chi connectivity index (χ3n) is 1.39. The first-order chi connectivity index (χ1) is 5.31.